The van der Waals surface area contributed by atoms with Gasteiger partial charge in [-0.2, -0.15) is 0 Å². The van der Waals surface area contributed by atoms with Crippen LogP contribution in [-0.2, 0) is 42.5 Å². The smallest absolute Gasteiger partial charge is 0.303 e. The Kier molecular flexibility index (Phi) is 11.9. The zero-order valence-corrected chi connectivity index (χ0v) is 28.4. The van der Waals surface area contributed by atoms with Crippen LogP contribution in [-0.4, -0.2) is 73.2 Å². The van der Waals surface area contributed by atoms with Gasteiger partial charge >= 0.3 is 17.9 Å². The quantitative estimate of drug-likeness (QED) is 0.101. The molecule has 0 aromatic heterocycles. The number of ether oxygens (including phenoxy) is 5. The van der Waals surface area contributed by atoms with E-state index in [4.69, 9.17) is 68.3 Å². The molecule has 44 heavy (non-hydrogen) atoms. The lowest BCUT2D eigenvalue weighted by Crippen LogP contribution is -2.69. The number of carbonyl (C=O) groups is 3. The van der Waals surface area contributed by atoms with Crippen LogP contribution < -0.4 is 10.4 Å². The van der Waals surface area contributed by atoms with Crippen LogP contribution in [0, 0.1) is 5.41 Å². The molecule has 10 nitrogen and oxygen atoms in total. The molecule has 1 aliphatic heterocycles. The van der Waals surface area contributed by atoms with Crippen LogP contribution in [0.15, 0.2) is 60.7 Å². The molecule has 0 saturated carbocycles. The standard InChI is InChI=1S/C30H36Cl3NO9Si/c1-18(35)39-24-23(42-27(43-28(34)30(31,32)33)26(41-20(3)37)25(24)40-19(2)36)17-38-44(29(4,5)6,21-13-9-7-10-14-21)22-15-11-8-12-16-22/h7-16,23-27,34H,17H2,1-6H3/t23-,24-,25+,26-,27-/m1/s1. The highest BCUT2D eigenvalue weighted by Crippen LogP contribution is 2.38. The summed E-state index contributed by atoms with van der Waals surface area (Å²) >= 11 is 17.6. The minimum Gasteiger partial charge on any atom is -0.456 e. The summed E-state index contributed by atoms with van der Waals surface area (Å²) in [7, 11) is -3.14. The number of rotatable bonds is 9. The highest BCUT2D eigenvalue weighted by Gasteiger charge is 2.56. The van der Waals surface area contributed by atoms with Gasteiger partial charge in [0.2, 0.25) is 18.3 Å². The number of alkyl halides is 3. The molecule has 1 fully saturated rings. The van der Waals surface area contributed by atoms with Crippen LogP contribution in [0.5, 0.6) is 0 Å². The zero-order chi connectivity index (χ0) is 32.9. The van der Waals surface area contributed by atoms with Gasteiger partial charge in [0.25, 0.3) is 12.1 Å². The van der Waals surface area contributed by atoms with Gasteiger partial charge in [0.1, 0.15) is 6.10 Å². The maximum atomic E-state index is 12.3. The summed E-state index contributed by atoms with van der Waals surface area (Å²) in [5.41, 5.74) is 0. The third kappa shape index (κ3) is 8.52. The van der Waals surface area contributed by atoms with Gasteiger partial charge in [-0.15, -0.1) is 0 Å². The largest absolute Gasteiger partial charge is 0.456 e. The van der Waals surface area contributed by atoms with E-state index in [1.165, 1.54) is 6.92 Å². The summed E-state index contributed by atoms with van der Waals surface area (Å²) in [5, 5.41) is 9.65. The molecular weight excluding hydrogens is 653 g/mol. The summed E-state index contributed by atoms with van der Waals surface area (Å²) in [5.74, 6) is -3.13. The first-order valence-electron chi connectivity index (χ1n) is 13.7. The number of carbonyl (C=O) groups excluding carboxylic acids is 3. The average Bonchev–Trinajstić information content (AvgIpc) is 2.92. The molecule has 0 radical (unpaired) electrons. The van der Waals surface area contributed by atoms with Crippen molar-refractivity contribution in [3.05, 3.63) is 60.7 Å². The summed E-state index contributed by atoms with van der Waals surface area (Å²) in [6, 6.07) is 19.6. The van der Waals surface area contributed by atoms with Gasteiger partial charge in [0.05, 0.1) is 6.61 Å². The first-order chi connectivity index (χ1) is 20.5. The Bertz CT molecular complexity index is 1280. The molecule has 2 aromatic rings. The Morgan fingerprint density at radius 2 is 1.18 bits per heavy atom. The lowest BCUT2D eigenvalue weighted by Gasteiger charge is -2.47. The molecule has 240 valence electrons. The number of nitrogens with one attached hydrogen (secondary N) is 1. The zero-order valence-electron chi connectivity index (χ0n) is 25.2. The van der Waals surface area contributed by atoms with E-state index in [2.05, 4.69) is 20.8 Å². The van der Waals surface area contributed by atoms with Crippen molar-refractivity contribution in [2.75, 3.05) is 6.61 Å². The maximum Gasteiger partial charge on any atom is 0.303 e. The van der Waals surface area contributed by atoms with Crippen LogP contribution in [0.3, 0.4) is 0 Å². The summed E-state index contributed by atoms with van der Waals surface area (Å²) in [4.78, 5) is 36.7. The Labute approximate surface area is 272 Å². The summed E-state index contributed by atoms with van der Waals surface area (Å²) < 4.78 is 33.0. The van der Waals surface area contributed by atoms with Gasteiger partial charge in [-0.25, -0.2) is 0 Å². The second-order valence-corrected chi connectivity index (χ2v) is 17.8. The normalized spacial score (nSPS) is 22.4. The number of halogens is 3. The summed E-state index contributed by atoms with van der Waals surface area (Å²) in [6.45, 7) is 9.47. The predicted molar refractivity (Wildman–Crippen MR) is 168 cm³/mol. The fourth-order valence-corrected chi connectivity index (χ4v) is 9.94. The first-order valence-corrected chi connectivity index (χ1v) is 16.8. The fraction of sp³-hybridized carbons (Fsp3) is 0.467. The van der Waals surface area contributed by atoms with Crippen LogP contribution >= 0.6 is 34.8 Å². The Morgan fingerprint density at radius 3 is 1.59 bits per heavy atom. The van der Waals surface area contributed by atoms with E-state index < -0.39 is 71.7 Å². The second kappa shape index (κ2) is 14.6. The fourth-order valence-electron chi connectivity index (χ4n) is 5.24. The van der Waals surface area contributed by atoms with Crippen molar-refractivity contribution in [3.63, 3.8) is 0 Å². The lowest BCUT2D eigenvalue weighted by molar-refractivity contribution is -0.290. The molecule has 14 heteroatoms. The minimum absolute atomic E-state index is 0.198. The van der Waals surface area contributed by atoms with Gasteiger partial charge in [0.15, 0.2) is 12.2 Å². The molecule has 0 aliphatic carbocycles. The molecule has 1 saturated heterocycles. The van der Waals surface area contributed by atoms with Crippen molar-refractivity contribution < 1.29 is 42.5 Å². The highest BCUT2D eigenvalue weighted by atomic mass is 35.6. The third-order valence-corrected chi connectivity index (χ3v) is 12.4. The molecule has 0 bridgehead atoms. The van der Waals surface area contributed by atoms with Crippen LogP contribution in [0.25, 0.3) is 0 Å². The topological polar surface area (TPSA) is 130 Å². The van der Waals surface area contributed by atoms with E-state index in [0.717, 1.165) is 24.2 Å². The van der Waals surface area contributed by atoms with Gasteiger partial charge in [-0.1, -0.05) is 116 Å². The summed E-state index contributed by atoms with van der Waals surface area (Å²) in [6.07, 6.45) is -7.05. The molecular formula is C30H36Cl3NO9Si. The van der Waals surface area contributed by atoms with Gasteiger partial charge in [-0.3, -0.25) is 19.8 Å². The Morgan fingerprint density at radius 1 is 0.750 bits per heavy atom. The number of hydrogen-bond acceptors (Lipinski definition) is 10. The van der Waals surface area contributed by atoms with E-state index >= 15 is 0 Å². The Hall–Kier alpha value is -2.67. The van der Waals surface area contributed by atoms with Crippen LogP contribution in [0.2, 0.25) is 5.04 Å². The number of benzene rings is 2. The van der Waals surface area contributed by atoms with Crippen molar-refractivity contribution in [2.24, 2.45) is 0 Å². The SMILES string of the molecule is CC(=O)O[C@@H]1[C@@H](OC(C)=O)[C@@H](OC(=N)C(Cl)(Cl)Cl)O[C@H](CO[Si](c2ccccc2)(c2ccccc2)C(C)(C)C)[C@H]1OC(C)=O. The van der Waals surface area contributed by atoms with E-state index in [9.17, 15) is 14.4 Å². The average molecular weight is 689 g/mol. The first kappa shape index (κ1) is 35.8. The van der Waals surface area contributed by atoms with Crippen LogP contribution in [0.4, 0.5) is 0 Å². The molecule has 5 atom stereocenters. The minimum atomic E-state index is -3.14. The predicted octanol–water partition coefficient (Wildman–Crippen LogP) is 4.45. The van der Waals surface area contributed by atoms with E-state index in [1.54, 1.807) is 0 Å². The monoisotopic (exact) mass is 687 g/mol. The molecule has 0 unspecified atom stereocenters. The molecule has 1 N–H and O–H groups in total. The van der Waals surface area contributed by atoms with Gasteiger partial charge < -0.3 is 28.1 Å². The van der Waals surface area contributed by atoms with Crippen molar-refractivity contribution in [2.45, 2.75) is 81.1 Å². The molecule has 2 aromatic carbocycles. The van der Waals surface area contributed by atoms with Crippen molar-refractivity contribution in [1.29, 1.82) is 5.41 Å². The van der Waals surface area contributed by atoms with Gasteiger partial charge in [-0.05, 0) is 15.4 Å². The molecule has 1 heterocycles. The van der Waals surface area contributed by atoms with Crippen molar-refractivity contribution >= 4 is 77.3 Å². The second-order valence-electron chi connectivity index (χ2n) is 11.2. The van der Waals surface area contributed by atoms with E-state index in [1.807, 2.05) is 60.7 Å². The van der Waals surface area contributed by atoms with Crippen molar-refractivity contribution in [3.8, 4) is 0 Å². The highest BCUT2D eigenvalue weighted by molar-refractivity contribution is 6.99. The van der Waals surface area contributed by atoms with Crippen molar-refractivity contribution in [1.82, 2.24) is 0 Å². The molecule has 0 spiro atoms. The van der Waals surface area contributed by atoms with E-state index in [-0.39, 0.29) is 6.61 Å². The van der Waals surface area contributed by atoms with E-state index in [0.29, 0.717) is 0 Å². The molecule has 1 aliphatic rings. The number of esters is 3. The maximum absolute atomic E-state index is 12.3. The number of hydrogen-bond donors (Lipinski definition) is 1. The Balaban J connectivity index is 2.16. The third-order valence-electron chi connectivity index (χ3n) is 6.87. The molecule has 3 rings (SSSR count). The lowest BCUT2D eigenvalue weighted by atomic mass is 9.98. The van der Waals surface area contributed by atoms with Gasteiger partial charge in [0, 0.05) is 20.8 Å². The molecule has 0 amide bonds. The van der Waals surface area contributed by atoms with Crippen LogP contribution in [0.1, 0.15) is 41.5 Å².